The summed E-state index contributed by atoms with van der Waals surface area (Å²) < 4.78 is 0. The lowest BCUT2D eigenvalue weighted by Gasteiger charge is -2.02. The van der Waals surface area contributed by atoms with Crippen LogP contribution in [0.2, 0.25) is 0 Å². The van der Waals surface area contributed by atoms with E-state index in [-0.39, 0.29) is 12.2 Å². The van der Waals surface area contributed by atoms with E-state index >= 15 is 0 Å². The van der Waals surface area contributed by atoms with E-state index in [2.05, 4.69) is 4.98 Å². The molecule has 0 saturated carbocycles. The van der Waals surface area contributed by atoms with Gasteiger partial charge in [-0.3, -0.25) is 9.78 Å². The van der Waals surface area contributed by atoms with Crippen LogP contribution in [0.25, 0.3) is 0 Å². The van der Waals surface area contributed by atoms with Crippen molar-refractivity contribution in [2.45, 2.75) is 13.3 Å². The number of aliphatic carboxylic acids is 1. The molecular weight excluding hydrogens is 158 g/mol. The van der Waals surface area contributed by atoms with Crippen LogP contribution in [-0.2, 0) is 11.2 Å². The van der Waals surface area contributed by atoms with Crippen LogP contribution in [0.3, 0.4) is 0 Å². The number of hydrogen-bond donors (Lipinski definition) is 2. The lowest BCUT2D eigenvalue weighted by Crippen LogP contribution is -2.01. The van der Waals surface area contributed by atoms with E-state index in [0.717, 1.165) is 0 Å². The molecule has 0 fully saturated rings. The SMILES string of the molecule is Cc1nccc(CC(=O)O)c1O. The van der Waals surface area contributed by atoms with E-state index in [1.54, 1.807) is 6.92 Å². The molecule has 0 radical (unpaired) electrons. The van der Waals surface area contributed by atoms with Crippen molar-refractivity contribution in [1.29, 1.82) is 0 Å². The normalized spacial score (nSPS) is 9.75. The van der Waals surface area contributed by atoms with Gasteiger partial charge in [-0.1, -0.05) is 0 Å². The van der Waals surface area contributed by atoms with E-state index in [1.807, 2.05) is 0 Å². The quantitative estimate of drug-likeness (QED) is 0.681. The smallest absolute Gasteiger partial charge is 0.307 e. The van der Waals surface area contributed by atoms with Crippen LogP contribution in [0, 0.1) is 6.92 Å². The average molecular weight is 167 g/mol. The van der Waals surface area contributed by atoms with Crippen LogP contribution in [0.1, 0.15) is 11.3 Å². The molecule has 0 spiro atoms. The number of aromatic nitrogens is 1. The largest absolute Gasteiger partial charge is 0.506 e. The maximum atomic E-state index is 10.3. The van der Waals surface area contributed by atoms with E-state index in [9.17, 15) is 9.90 Å². The van der Waals surface area contributed by atoms with Gasteiger partial charge >= 0.3 is 5.97 Å². The van der Waals surface area contributed by atoms with Crippen molar-refractivity contribution < 1.29 is 15.0 Å². The number of hydrogen-bond acceptors (Lipinski definition) is 3. The summed E-state index contributed by atoms with van der Waals surface area (Å²) in [6.45, 7) is 1.63. The fraction of sp³-hybridized carbons (Fsp3) is 0.250. The molecular formula is C8H9NO3. The number of carboxylic acid groups (broad SMARTS) is 1. The van der Waals surface area contributed by atoms with Crippen molar-refractivity contribution in [2.24, 2.45) is 0 Å². The van der Waals surface area contributed by atoms with E-state index in [0.29, 0.717) is 11.3 Å². The molecule has 0 aliphatic heterocycles. The number of carbonyl (C=O) groups is 1. The van der Waals surface area contributed by atoms with Gasteiger partial charge in [-0.25, -0.2) is 0 Å². The summed E-state index contributed by atoms with van der Waals surface area (Å²) in [5, 5.41) is 17.8. The summed E-state index contributed by atoms with van der Waals surface area (Å²) >= 11 is 0. The molecule has 1 heterocycles. The average Bonchev–Trinajstić information content (AvgIpc) is 1.98. The van der Waals surface area contributed by atoms with Crippen molar-refractivity contribution in [3.05, 3.63) is 23.5 Å². The highest BCUT2D eigenvalue weighted by molar-refractivity contribution is 5.71. The maximum absolute atomic E-state index is 10.3. The Hall–Kier alpha value is -1.58. The van der Waals surface area contributed by atoms with Crippen LogP contribution in [0.4, 0.5) is 0 Å². The Morgan fingerprint density at radius 1 is 1.67 bits per heavy atom. The first-order chi connectivity index (χ1) is 5.61. The van der Waals surface area contributed by atoms with Crippen LogP contribution < -0.4 is 0 Å². The van der Waals surface area contributed by atoms with Gasteiger partial charge in [0.1, 0.15) is 5.75 Å². The van der Waals surface area contributed by atoms with Gasteiger partial charge in [-0.05, 0) is 13.0 Å². The second-order valence-corrected chi connectivity index (χ2v) is 2.47. The first-order valence-electron chi connectivity index (χ1n) is 3.46. The van der Waals surface area contributed by atoms with Crippen LogP contribution in [0.5, 0.6) is 5.75 Å². The van der Waals surface area contributed by atoms with E-state index in [4.69, 9.17) is 5.11 Å². The Morgan fingerprint density at radius 2 is 2.33 bits per heavy atom. The predicted octanol–water partition coefficient (Wildman–Crippen LogP) is 0.723. The highest BCUT2D eigenvalue weighted by atomic mass is 16.4. The van der Waals surface area contributed by atoms with Crippen LogP contribution >= 0.6 is 0 Å². The number of carboxylic acids is 1. The minimum Gasteiger partial charge on any atom is -0.506 e. The highest BCUT2D eigenvalue weighted by Gasteiger charge is 2.07. The minimum absolute atomic E-state index is 0.0279. The van der Waals surface area contributed by atoms with Crippen molar-refractivity contribution in [2.75, 3.05) is 0 Å². The third-order valence-electron chi connectivity index (χ3n) is 1.53. The van der Waals surface area contributed by atoms with Gasteiger partial charge in [0.05, 0.1) is 12.1 Å². The maximum Gasteiger partial charge on any atom is 0.307 e. The highest BCUT2D eigenvalue weighted by Crippen LogP contribution is 2.19. The molecule has 0 unspecified atom stereocenters. The number of aryl methyl sites for hydroxylation is 1. The molecule has 1 rings (SSSR count). The van der Waals surface area contributed by atoms with Crippen molar-refractivity contribution >= 4 is 5.97 Å². The number of rotatable bonds is 2. The zero-order valence-electron chi connectivity index (χ0n) is 6.61. The molecule has 1 aromatic heterocycles. The fourth-order valence-corrected chi connectivity index (χ4v) is 0.917. The van der Waals surface area contributed by atoms with Gasteiger partial charge in [0.2, 0.25) is 0 Å². The number of nitrogens with zero attached hydrogens (tertiary/aromatic N) is 1. The second kappa shape index (κ2) is 3.21. The lowest BCUT2D eigenvalue weighted by molar-refractivity contribution is -0.136. The summed E-state index contributed by atoms with van der Waals surface area (Å²) in [7, 11) is 0. The van der Waals surface area contributed by atoms with Gasteiger partial charge < -0.3 is 10.2 Å². The van der Waals surface area contributed by atoms with Crippen LogP contribution in [-0.4, -0.2) is 21.2 Å². The molecule has 4 nitrogen and oxygen atoms in total. The first kappa shape index (κ1) is 8.52. The lowest BCUT2D eigenvalue weighted by atomic mass is 10.1. The molecule has 0 bridgehead atoms. The molecule has 12 heavy (non-hydrogen) atoms. The van der Waals surface area contributed by atoms with E-state index < -0.39 is 5.97 Å². The molecule has 4 heteroatoms. The van der Waals surface area contributed by atoms with Gasteiger partial charge in [-0.15, -0.1) is 0 Å². The Bertz CT molecular complexity index is 309. The van der Waals surface area contributed by atoms with Gasteiger partial charge in [-0.2, -0.15) is 0 Å². The Kier molecular flexibility index (Phi) is 2.28. The first-order valence-corrected chi connectivity index (χ1v) is 3.46. The van der Waals surface area contributed by atoms with Gasteiger partial charge in [0.25, 0.3) is 0 Å². The van der Waals surface area contributed by atoms with Crippen molar-refractivity contribution in [3.8, 4) is 5.75 Å². The summed E-state index contributed by atoms with van der Waals surface area (Å²) in [6, 6.07) is 1.50. The zero-order chi connectivity index (χ0) is 9.14. The topological polar surface area (TPSA) is 70.4 Å². The Morgan fingerprint density at radius 3 is 2.92 bits per heavy atom. The van der Waals surface area contributed by atoms with Gasteiger partial charge in [0, 0.05) is 11.8 Å². The molecule has 64 valence electrons. The monoisotopic (exact) mass is 167 g/mol. The Balaban J connectivity index is 3.00. The molecule has 0 amide bonds. The fourth-order valence-electron chi connectivity index (χ4n) is 0.917. The summed E-state index contributed by atoms with van der Waals surface area (Å²) in [4.78, 5) is 14.1. The van der Waals surface area contributed by atoms with Gasteiger partial charge in [0.15, 0.2) is 0 Å². The summed E-state index contributed by atoms with van der Waals surface area (Å²) in [5.41, 5.74) is 0.851. The third-order valence-corrected chi connectivity index (χ3v) is 1.53. The molecule has 0 saturated heterocycles. The van der Waals surface area contributed by atoms with Crippen molar-refractivity contribution in [1.82, 2.24) is 4.98 Å². The zero-order valence-corrected chi connectivity index (χ0v) is 6.61. The Labute approximate surface area is 69.5 Å². The van der Waals surface area contributed by atoms with Crippen molar-refractivity contribution in [3.63, 3.8) is 0 Å². The molecule has 0 aliphatic rings. The molecule has 0 aliphatic carbocycles. The molecule has 2 N–H and O–H groups in total. The number of aromatic hydroxyl groups is 1. The minimum atomic E-state index is -0.962. The second-order valence-electron chi connectivity index (χ2n) is 2.47. The summed E-state index contributed by atoms with van der Waals surface area (Å²) in [5.74, 6) is -0.990. The molecule has 1 aromatic rings. The van der Waals surface area contributed by atoms with Crippen LogP contribution in [0.15, 0.2) is 12.3 Å². The van der Waals surface area contributed by atoms with E-state index in [1.165, 1.54) is 12.3 Å². The summed E-state index contributed by atoms with van der Waals surface area (Å²) in [6.07, 6.45) is 1.31. The molecule has 0 atom stereocenters. The predicted molar refractivity (Wildman–Crippen MR) is 42.0 cm³/mol. The standard InChI is InChI=1S/C8H9NO3/c1-5-8(12)6(2-3-9-5)4-7(10)11/h2-3,12H,4H2,1H3,(H,10,11). The molecule has 0 aromatic carbocycles. The third kappa shape index (κ3) is 1.72. The number of pyridine rings is 1.